The summed E-state index contributed by atoms with van der Waals surface area (Å²) in [5.41, 5.74) is 0.646. The van der Waals surface area contributed by atoms with Gasteiger partial charge in [0.2, 0.25) is 0 Å². The first-order valence-electron chi connectivity index (χ1n) is 6.32. The van der Waals surface area contributed by atoms with E-state index in [0.29, 0.717) is 18.4 Å². The summed E-state index contributed by atoms with van der Waals surface area (Å²) in [6.45, 7) is 3.68. The highest BCUT2D eigenvalue weighted by atomic mass is 32.2. The number of methoxy groups -OCH3 is 1. The molecule has 106 valence electrons. The topological polar surface area (TPSA) is 60.4 Å². The molecule has 1 aromatic rings. The number of rotatable bonds is 6. The maximum Gasteiger partial charge on any atom is 0.324 e. The Morgan fingerprint density at radius 2 is 1.95 bits per heavy atom. The normalized spacial score (nSPS) is 13.0. The molecule has 1 rings (SSSR count). The maximum absolute atomic E-state index is 12.6. The highest BCUT2D eigenvalue weighted by Crippen LogP contribution is 2.23. The molecule has 0 fully saturated rings. The van der Waals surface area contributed by atoms with E-state index in [1.54, 1.807) is 25.1 Å². The monoisotopic (exact) mass is 284 g/mol. The minimum atomic E-state index is -3.69. The number of carbonyl (C=O) groups is 1. The molecule has 0 heterocycles. The molecule has 0 saturated heterocycles. The Balaban J connectivity index is 3.20. The third-order valence-corrected chi connectivity index (χ3v) is 5.31. The summed E-state index contributed by atoms with van der Waals surface area (Å²) in [6.07, 6.45) is 1.79. The van der Waals surface area contributed by atoms with E-state index in [0.717, 1.165) is 6.42 Å². The van der Waals surface area contributed by atoms with Crippen LogP contribution in [0.2, 0.25) is 0 Å². The van der Waals surface area contributed by atoms with Gasteiger partial charge in [0.05, 0.1) is 12.0 Å². The zero-order valence-corrected chi connectivity index (χ0v) is 12.4. The maximum atomic E-state index is 12.6. The third kappa shape index (κ3) is 3.56. The van der Waals surface area contributed by atoms with Crippen molar-refractivity contribution < 1.29 is 17.9 Å². The second kappa shape index (κ2) is 6.70. The Kier molecular flexibility index (Phi) is 5.54. The average Bonchev–Trinajstić information content (AvgIpc) is 2.38. The molecule has 0 radical (unpaired) electrons. The second-order valence-corrected chi connectivity index (χ2v) is 6.56. The van der Waals surface area contributed by atoms with Crippen molar-refractivity contribution in [2.24, 2.45) is 0 Å². The Morgan fingerprint density at radius 3 is 2.47 bits per heavy atom. The number of aryl methyl sites for hydroxylation is 1. The van der Waals surface area contributed by atoms with Crippen molar-refractivity contribution >= 4 is 15.8 Å². The fourth-order valence-electron chi connectivity index (χ4n) is 1.95. The quantitative estimate of drug-likeness (QED) is 0.753. The van der Waals surface area contributed by atoms with E-state index in [1.165, 1.54) is 13.2 Å². The SMILES string of the molecule is CCCCC(C(=O)OC)S(=O)(=O)c1ccccc1C. The lowest BCUT2D eigenvalue weighted by Gasteiger charge is -2.16. The smallest absolute Gasteiger partial charge is 0.324 e. The van der Waals surface area contributed by atoms with Crippen LogP contribution < -0.4 is 0 Å². The molecule has 0 aliphatic heterocycles. The van der Waals surface area contributed by atoms with Crippen LogP contribution in [0.15, 0.2) is 29.2 Å². The van der Waals surface area contributed by atoms with Gasteiger partial charge in [0.25, 0.3) is 0 Å². The lowest BCUT2D eigenvalue weighted by molar-refractivity contribution is -0.140. The molecule has 0 aromatic heterocycles. The summed E-state index contributed by atoms with van der Waals surface area (Å²) in [6, 6.07) is 6.69. The molecular formula is C14H20O4S. The summed E-state index contributed by atoms with van der Waals surface area (Å²) in [5, 5.41) is -1.11. The molecule has 5 heteroatoms. The molecule has 0 N–H and O–H groups in total. The van der Waals surface area contributed by atoms with Crippen LogP contribution in [0.5, 0.6) is 0 Å². The summed E-state index contributed by atoms with van der Waals surface area (Å²) in [7, 11) is -2.47. The van der Waals surface area contributed by atoms with E-state index in [1.807, 2.05) is 6.92 Å². The van der Waals surface area contributed by atoms with Crippen molar-refractivity contribution in [3.63, 3.8) is 0 Å². The molecule has 0 bridgehead atoms. The third-order valence-electron chi connectivity index (χ3n) is 3.06. The molecular weight excluding hydrogens is 264 g/mol. The van der Waals surface area contributed by atoms with Crippen molar-refractivity contribution in [1.82, 2.24) is 0 Å². The fraction of sp³-hybridized carbons (Fsp3) is 0.500. The van der Waals surface area contributed by atoms with E-state index in [-0.39, 0.29) is 4.90 Å². The van der Waals surface area contributed by atoms with Crippen molar-refractivity contribution in [3.05, 3.63) is 29.8 Å². The fourth-order valence-corrected chi connectivity index (χ4v) is 3.87. The van der Waals surface area contributed by atoms with Crippen molar-refractivity contribution in [2.75, 3.05) is 7.11 Å². The van der Waals surface area contributed by atoms with E-state index >= 15 is 0 Å². The first kappa shape index (κ1) is 15.7. The zero-order valence-electron chi connectivity index (χ0n) is 11.5. The Morgan fingerprint density at radius 1 is 1.32 bits per heavy atom. The zero-order chi connectivity index (χ0) is 14.5. The standard InChI is InChI=1S/C14H20O4S/c1-4-5-9-13(14(15)18-3)19(16,17)12-10-7-6-8-11(12)2/h6-8,10,13H,4-5,9H2,1-3H3. The summed E-state index contributed by atoms with van der Waals surface area (Å²) < 4.78 is 29.8. The molecule has 1 atom stereocenters. The number of sulfone groups is 1. The highest BCUT2D eigenvalue weighted by Gasteiger charge is 2.35. The van der Waals surface area contributed by atoms with Crippen molar-refractivity contribution in [2.45, 2.75) is 43.3 Å². The van der Waals surface area contributed by atoms with Crippen molar-refractivity contribution in [3.8, 4) is 0 Å². The highest BCUT2D eigenvalue weighted by molar-refractivity contribution is 7.92. The molecule has 0 saturated carbocycles. The molecule has 1 aromatic carbocycles. The Bertz CT molecular complexity index is 534. The molecule has 0 aliphatic carbocycles. The summed E-state index contributed by atoms with van der Waals surface area (Å²) >= 11 is 0. The van der Waals surface area contributed by atoms with E-state index in [4.69, 9.17) is 0 Å². The average molecular weight is 284 g/mol. The van der Waals surface area contributed by atoms with E-state index < -0.39 is 21.1 Å². The predicted molar refractivity (Wildman–Crippen MR) is 73.7 cm³/mol. The van der Waals surface area contributed by atoms with Gasteiger partial charge in [0.1, 0.15) is 0 Å². The van der Waals surface area contributed by atoms with Crippen LogP contribution in [0, 0.1) is 6.92 Å². The molecule has 1 unspecified atom stereocenters. The van der Waals surface area contributed by atoms with Gasteiger partial charge < -0.3 is 4.74 Å². The van der Waals surface area contributed by atoms with Crippen molar-refractivity contribution in [1.29, 1.82) is 0 Å². The number of carbonyl (C=O) groups excluding carboxylic acids is 1. The van der Waals surface area contributed by atoms with Crippen LogP contribution >= 0.6 is 0 Å². The van der Waals surface area contributed by atoms with Gasteiger partial charge in [-0.05, 0) is 25.0 Å². The molecule has 0 aliphatic rings. The Labute approximate surface area is 114 Å². The summed E-state index contributed by atoms with van der Waals surface area (Å²) in [4.78, 5) is 12.0. The number of ether oxygens (including phenoxy) is 1. The first-order chi connectivity index (χ1) is 8.95. The van der Waals surface area contributed by atoms with E-state index in [9.17, 15) is 13.2 Å². The molecule has 0 amide bonds. The number of esters is 1. The van der Waals surface area contributed by atoms with Gasteiger partial charge in [-0.3, -0.25) is 4.79 Å². The number of hydrogen-bond donors (Lipinski definition) is 0. The molecule has 0 spiro atoms. The van der Waals surface area contributed by atoms with Gasteiger partial charge in [0.15, 0.2) is 15.1 Å². The van der Waals surface area contributed by atoms with Gasteiger partial charge in [-0.15, -0.1) is 0 Å². The van der Waals surface area contributed by atoms with Crippen LogP contribution in [0.25, 0.3) is 0 Å². The minimum absolute atomic E-state index is 0.210. The van der Waals surface area contributed by atoms with Gasteiger partial charge in [-0.25, -0.2) is 8.42 Å². The van der Waals surface area contributed by atoms with Crippen LogP contribution in [0.4, 0.5) is 0 Å². The van der Waals surface area contributed by atoms with Crippen LogP contribution in [0.1, 0.15) is 31.7 Å². The second-order valence-electron chi connectivity index (χ2n) is 4.46. The predicted octanol–water partition coefficient (Wildman–Crippen LogP) is 2.50. The lowest BCUT2D eigenvalue weighted by Crippen LogP contribution is -2.32. The van der Waals surface area contributed by atoms with Crippen LogP contribution in [-0.4, -0.2) is 26.7 Å². The molecule has 4 nitrogen and oxygen atoms in total. The van der Waals surface area contributed by atoms with Gasteiger partial charge in [0, 0.05) is 0 Å². The first-order valence-corrected chi connectivity index (χ1v) is 7.87. The van der Waals surface area contributed by atoms with Crippen LogP contribution in [0.3, 0.4) is 0 Å². The van der Waals surface area contributed by atoms with Gasteiger partial charge in [-0.2, -0.15) is 0 Å². The number of hydrogen-bond acceptors (Lipinski definition) is 4. The van der Waals surface area contributed by atoms with E-state index in [2.05, 4.69) is 4.74 Å². The Hall–Kier alpha value is -1.36. The largest absolute Gasteiger partial charge is 0.468 e. The minimum Gasteiger partial charge on any atom is -0.468 e. The lowest BCUT2D eigenvalue weighted by atomic mass is 10.2. The number of unbranched alkanes of at least 4 members (excludes halogenated alkanes) is 1. The summed E-state index contributed by atoms with van der Waals surface area (Å²) in [5.74, 6) is -0.684. The van der Waals surface area contributed by atoms with Crippen LogP contribution in [-0.2, 0) is 19.4 Å². The number of benzene rings is 1. The van der Waals surface area contributed by atoms with Gasteiger partial charge in [-0.1, -0.05) is 38.0 Å². The van der Waals surface area contributed by atoms with Gasteiger partial charge >= 0.3 is 5.97 Å². The molecule has 19 heavy (non-hydrogen) atoms.